The van der Waals surface area contributed by atoms with Gasteiger partial charge in [0.1, 0.15) is 11.9 Å². The molecule has 0 radical (unpaired) electrons. The third-order valence-corrected chi connectivity index (χ3v) is 4.50. The Morgan fingerprint density at radius 2 is 2.29 bits per heavy atom. The number of rotatable bonds is 5. The minimum Gasteiger partial charge on any atom is -0.497 e. The van der Waals surface area contributed by atoms with Crippen molar-refractivity contribution in [2.45, 2.75) is 37.5 Å². The Balaban J connectivity index is 1.59. The van der Waals surface area contributed by atoms with E-state index in [9.17, 15) is 9.59 Å². The van der Waals surface area contributed by atoms with Gasteiger partial charge in [-0.3, -0.25) is 9.59 Å². The summed E-state index contributed by atoms with van der Waals surface area (Å²) in [5.74, 6) is 0.525. The molecule has 0 spiro atoms. The maximum absolute atomic E-state index is 12.3. The van der Waals surface area contributed by atoms with Crippen LogP contribution in [0.5, 0.6) is 5.75 Å². The van der Waals surface area contributed by atoms with E-state index in [-0.39, 0.29) is 30.4 Å². The zero-order chi connectivity index (χ0) is 17.1. The molecule has 2 fully saturated rings. The summed E-state index contributed by atoms with van der Waals surface area (Å²) in [6.45, 7) is 0.875. The SMILES string of the molecule is COc1cccc(N2CC(NC(=O)[C@@H]3CC[C@H](CN)O3)CC2=O)c1. The third-order valence-electron chi connectivity index (χ3n) is 4.50. The van der Waals surface area contributed by atoms with Gasteiger partial charge in [-0.25, -0.2) is 0 Å². The van der Waals surface area contributed by atoms with Gasteiger partial charge in [-0.15, -0.1) is 0 Å². The molecule has 2 aliphatic rings. The number of anilines is 1. The van der Waals surface area contributed by atoms with Gasteiger partial charge in [0, 0.05) is 31.3 Å². The van der Waals surface area contributed by atoms with Crippen LogP contribution in [0.25, 0.3) is 0 Å². The highest BCUT2D eigenvalue weighted by Gasteiger charge is 2.35. The van der Waals surface area contributed by atoms with Crippen LogP contribution in [-0.2, 0) is 14.3 Å². The van der Waals surface area contributed by atoms with Gasteiger partial charge in [0.2, 0.25) is 11.8 Å². The van der Waals surface area contributed by atoms with E-state index in [1.54, 1.807) is 12.0 Å². The Labute approximate surface area is 141 Å². The third kappa shape index (κ3) is 3.52. The van der Waals surface area contributed by atoms with Gasteiger partial charge in [0.25, 0.3) is 0 Å². The molecule has 0 aromatic heterocycles. The van der Waals surface area contributed by atoms with E-state index in [1.807, 2.05) is 24.3 Å². The maximum Gasteiger partial charge on any atom is 0.249 e. The van der Waals surface area contributed by atoms with Gasteiger partial charge >= 0.3 is 0 Å². The number of nitrogens with zero attached hydrogens (tertiary/aromatic N) is 1. The van der Waals surface area contributed by atoms with Gasteiger partial charge in [0.05, 0.1) is 19.3 Å². The van der Waals surface area contributed by atoms with Gasteiger partial charge in [0.15, 0.2) is 0 Å². The van der Waals surface area contributed by atoms with E-state index in [0.29, 0.717) is 25.3 Å². The number of nitrogens with one attached hydrogen (secondary N) is 1. The summed E-state index contributed by atoms with van der Waals surface area (Å²) in [6, 6.07) is 7.13. The molecule has 3 N–H and O–H groups in total. The van der Waals surface area contributed by atoms with E-state index in [0.717, 1.165) is 12.1 Å². The standard InChI is InChI=1S/C17H23N3O4/c1-23-13-4-2-3-12(8-13)20-10-11(7-16(20)21)19-17(22)15-6-5-14(9-18)24-15/h2-4,8,11,14-15H,5-7,9-10,18H2,1H3,(H,19,22)/t11?,14-,15+/m1/s1. The van der Waals surface area contributed by atoms with Crippen LogP contribution in [0.2, 0.25) is 0 Å². The minimum atomic E-state index is -0.459. The molecule has 7 nitrogen and oxygen atoms in total. The average Bonchev–Trinajstić information content (AvgIpc) is 3.21. The summed E-state index contributed by atoms with van der Waals surface area (Å²) in [7, 11) is 1.59. The fourth-order valence-corrected chi connectivity index (χ4v) is 3.20. The topological polar surface area (TPSA) is 93.9 Å². The smallest absolute Gasteiger partial charge is 0.249 e. The van der Waals surface area contributed by atoms with E-state index in [2.05, 4.69) is 5.32 Å². The molecule has 2 amide bonds. The number of hydrogen-bond donors (Lipinski definition) is 2. The van der Waals surface area contributed by atoms with Crippen molar-refractivity contribution in [3.63, 3.8) is 0 Å². The van der Waals surface area contributed by atoms with Crippen molar-refractivity contribution in [2.24, 2.45) is 5.73 Å². The maximum atomic E-state index is 12.3. The lowest BCUT2D eigenvalue weighted by Gasteiger charge is -2.19. The molecule has 0 bridgehead atoms. The number of benzene rings is 1. The van der Waals surface area contributed by atoms with Gasteiger partial charge in [-0.1, -0.05) is 6.07 Å². The second-order valence-electron chi connectivity index (χ2n) is 6.18. The highest BCUT2D eigenvalue weighted by molar-refractivity contribution is 5.97. The van der Waals surface area contributed by atoms with E-state index < -0.39 is 6.10 Å². The molecule has 24 heavy (non-hydrogen) atoms. The summed E-state index contributed by atoms with van der Waals surface area (Å²) in [5, 5.41) is 2.93. The zero-order valence-electron chi connectivity index (χ0n) is 13.7. The first-order valence-electron chi connectivity index (χ1n) is 8.21. The molecule has 0 saturated carbocycles. The second-order valence-corrected chi connectivity index (χ2v) is 6.18. The predicted octanol–water partition coefficient (Wildman–Crippen LogP) is 0.423. The summed E-state index contributed by atoms with van der Waals surface area (Å²) in [5.41, 5.74) is 6.34. The average molecular weight is 333 g/mol. The van der Waals surface area contributed by atoms with Crippen LogP contribution in [-0.4, -0.2) is 50.3 Å². The first-order valence-corrected chi connectivity index (χ1v) is 8.21. The predicted molar refractivity (Wildman–Crippen MR) is 88.8 cm³/mol. The van der Waals surface area contributed by atoms with Crippen LogP contribution in [0, 0.1) is 0 Å². The molecule has 1 aromatic rings. The highest BCUT2D eigenvalue weighted by Crippen LogP contribution is 2.26. The minimum absolute atomic E-state index is 0.0132. The van der Waals surface area contributed by atoms with Crippen molar-refractivity contribution in [3.8, 4) is 5.75 Å². The van der Waals surface area contributed by atoms with Crippen LogP contribution < -0.4 is 20.7 Å². The lowest BCUT2D eigenvalue weighted by Crippen LogP contribution is -2.43. The summed E-state index contributed by atoms with van der Waals surface area (Å²) < 4.78 is 10.8. The number of ether oxygens (including phenoxy) is 2. The molecule has 3 atom stereocenters. The van der Waals surface area contributed by atoms with Crippen LogP contribution in [0.1, 0.15) is 19.3 Å². The van der Waals surface area contributed by atoms with E-state index in [1.165, 1.54) is 0 Å². The summed E-state index contributed by atoms with van der Waals surface area (Å²) in [4.78, 5) is 26.2. The lowest BCUT2D eigenvalue weighted by atomic mass is 10.1. The monoisotopic (exact) mass is 333 g/mol. The van der Waals surface area contributed by atoms with Crippen LogP contribution in [0.15, 0.2) is 24.3 Å². The molecular formula is C17H23N3O4. The van der Waals surface area contributed by atoms with Crippen molar-refractivity contribution >= 4 is 17.5 Å². The number of carbonyl (C=O) groups excluding carboxylic acids is 2. The number of nitrogens with two attached hydrogens (primary N) is 1. The quantitative estimate of drug-likeness (QED) is 0.815. The van der Waals surface area contributed by atoms with E-state index >= 15 is 0 Å². The molecule has 1 unspecified atom stereocenters. The molecule has 3 rings (SSSR count). The fourth-order valence-electron chi connectivity index (χ4n) is 3.20. The molecule has 2 saturated heterocycles. The number of hydrogen-bond acceptors (Lipinski definition) is 5. The van der Waals surface area contributed by atoms with Crippen molar-refractivity contribution in [3.05, 3.63) is 24.3 Å². The lowest BCUT2D eigenvalue weighted by molar-refractivity contribution is -0.132. The van der Waals surface area contributed by atoms with Crippen LogP contribution in [0.3, 0.4) is 0 Å². The van der Waals surface area contributed by atoms with Crippen LogP contribution in [0.4, 0.5) is 5.69 Å². The Morgan fingerprint density at radius 3 is 3.00 bits per heavy atom. The Bertz CT molecular complexity index is 622. The second kappa shape index (κ2) is 7.19. The molecule has 2 heterocycles. The Hall–Kier alpha value is -2.12. The molecule has 1 aromatic carbocycles. The summed E-state index contributed by atoms with van der Waals surface area (Å²) in [6.07, 6.45) is 1.26. The number of amides is 2. The molecular weight excluding hydrogens is 310 g/mol. The van der Waals surface area contributed by atoms with Crippen molar-refractivity contribution in [1.82, 2.24) is 5.32 Å². The Morgan fingerprint density at radius 1 is 1.46 bits per heavy atom. The Kier molecular flexibility index (Phi) is 5.01. The van der Waals surface area contributed by atoms with Gasteiger partial charge < -0.3 is 25.4 Å². The van der Waals surface area contributed by atoms with Crippen molar-refractivity contribution < 1.29 is 19.1 Å². The highest BCUT2D eigenvalue weighted by atomic mass is 16.5. The fraction of sp³-hybridized carbons (Fsp3) is 0.529. The normalized spacial score (nSPS) is 26.7. The largest absolute Gasteiger partial charge is 0.497 e. The molecule has 130 valence electrons. The van der Waals surface area contributed by atoms with E-state index in [4.69, 9.17) is 15.2 Å². The van der Waals surface area contributed by atoms with Crippen LogP contribution >= 0.6 is 0 Å². The molecule has 2 aliphatic heterocycles. The van der Waals surface area contributed by atoms with Gasteiger partial charge in [-0.2, -0.15) is 0 Å². The van der Waals surface area contributed by atoms with Crippen molar-refractivity contribution in [1.29, 1.82) is 0 Å². The number of methoxy groups -OCH3 is 1. The zero-order valence-corrected chi connectivity index (χ0v) is 13.7. The van der Waals surface area contributed by atoms with Gasteiger partial charge in [-0.05, 0) is 25.0 Å². The number of carbonyl (C=O) groups is 2. The first-order chi connectivity index (χ1) is 11.6. The van der Waals surface area contributed by atoms with Crippen molar-refractivity contribution in [2.75, 3.05) is 25.1 Å². The molecule has 0 aliphatic carbocycles. The molecule has 7 heteroatoms. The summed E-state index contributed by atoms with van der Waals surface area (Å²) >= 11 is 0. The first kappa shape index (κ1) is 16.7.